The van der Waals surface area contributed by atoms with Gasteiger partial charge in [-0.25, -0.2) is 13.8 Å². The highest BCUT2D eigenvalue weighted by Gasteiger charge is 2.35. The van der Waals surface area contributed by atoms with E-state index in [4.69, 9.17) is 17.3 Å². The maximum absolute atomic E-state index is 13.1. The maximum atomic E-state index is 13.1. The highest BCUT2D eigenvalue weighted by molar-refractivity contribution is 6.29. The first-order chi connectivity index (χ1) is 8.52. The minimum Gasteiger partial charge on any atom is -0.676 e. The van der Waals surface area contributed by atoms with E-state index in [9.17, 15) is 8.78 Å². The Morgan fingerprint density at radius 2 is 2.06 bits per heavy atom. The van der Waals surface area contributed by atoms with Crippen LogP contribution in [0.4, 0.5) is 8.78 Å². The molecule has 1 aromatic heterocycles. The molecule has 0 aliphatic carbocycles. The quantitative estimate of drug-likeness (QED) is 0.791. The Bertz CT molecular complexity index is 387. The lowest BCUT2D eigenvalue weighted by atomic mass is 10.0. The maximum Gasteiger partial charge on any atom is 0.250 e. The van der Waals surface area contributed by atoms with Gasteiger partial charge < -0.3 is 5.73 Å². The van der Waals surface area contributed by atoms with E-state index >= 15 is 0 Å². The number of hydrogen-bond donors (Lipinski definition) is 0. The van der Waals surface area contributed by atoms with Crippen molar-refractivity contribution in [3.63, 3.8) is 0 Å². The molecule has 1 aliphatic rings. The molecular weight excluding hydrogens is 260 g/mol. The molecule has 0 bridgehead atoms. The number of nitrogens with zero attached hydrogens (tertiary/aromatic N) is 2. The molecule has 6 heteroatoms. The van der Waals surface area contributed by atoms with Gasteiger partial charge in [-0.05, 0) is 11.6 Å². The van der Waals surface area contributed by atoms with Crippen molar-refractivity contribution in [1.82, 2.24) is 9.88 Å². The number of nitrogens with one attached hydrogen (secondary N) is 1. The third kappa shape index (κ3) is 3.16. The zero-order valence-electron chi connectivity index (χ0n) is 9.87. The molecule has 0 amide bonds. The molecule has 2 heterocycles. The lowest BCUT2D eigenvalue weighted by Gasteiger charge is -2.38. The summed E-state index contributed by atoms with van der Waals surface area (Å²) in [5, 5.41) is 0.396. The number of alkyl halides is 2. The second kappa shape index (κ2) is 5.47. The number of halogens is 3. The van der Waals surface area contributed by atoms with Crippen molar-refractivity contribution in [3.05, 3.63) is 34.8 Å². The van der Waals surface area contributed by atoms with Gasteiger partial charge in [0.1, 0.15) is 5.15 Å². The lowest BCUT2D eigenvalue weighted by molar-refractivity contribution is -0.0622. The van der Waals surface area contributed by atoms with Gasteiger partial charge in [-0.1, -0.05) is 17.7 Å². The molecule has 0 spiro atoms. The molecule has 100 valence electrons. The molecule has 1 fully saturated rings. The smallest absolute Gasteiger partial charge is 0.250 e. The van der Waals surface area contributed by atoms with E-state index in [-0.39, 0.29) is 25.4 Å². The van der Waals surface area contributed by atoms with Gasteiger partial charge in [-0.3, -0.25) is 4.90 Å². The van der Waals surface area contributed by atoms with Crippen LogP contribution in [0.25, 0.3) is 5.73 Å². The largest absolute Gasteiger partial charge is 0.676 e. The molecule has 1 aliphatic heterocycles. The Balaban J connectivity index is 2.08. The zero-order valence-corrected chi connectivity index (χ0v) is 10.6. The SMILES string of the molecule is [NH-]CC(c1ccc(Cl)nc1)N1CCC(F)(F)CC1. The van der Waals surface area contributed by atoms with Gasteiger partial charge in [-0.2, -0.15) is 0 Å². The Kier molecular flexibility index (Phi) is 4.14. The molecule has 3 nitrogen and oxygen atoms in total. The first-order valence-electron chi connectivity index (χ1n) is 5.90. The van der Waals surface area contributed by atoms with Gasteiger partial charge in [0, 0.05) is 38.2 Å². The van der Waals surface area contributed by atoms with E-state index in [0.717, 1.165) is 5.56 Å². The molecule has 0 aromatic carbocycles. The molecular formula is C12H15ClF2N3-. The highest BCUT2D eigenvalue weighted by atomic mass is 35.5. The van der Waals surface area contributed by atoms with Crippen LogP contribution in [0.2, 0.25) is 5.15 Å². The lowest BCUT2D eigenvalue weighted by Crippen LogP contribution is -2.42. The summed E-state index contributed by atoms with van der Waals surface area (Å²) >= 11 is 5.71. The Morgan fingerprint density at radius 1 is 1.39 bits per heavy atom. The molecule has 2 rings (SSSR count). The van der Waals surface area contributed by atoms with Crippen LogP contribution in [-0.4, -0.2) is 35.4 Å². The average molecular weight is 275 g/mol. The van der Waals surface area contributed by atoms with Crippen molar-refractivity contribution in [3.8, 4) is 0 Å². The van der Waals surface area contributed by atoms with Gasteiger partial charge in [0.05, 0.1) is 0 Å². The van der Waals surface area contributed by atoms with Crippen molar-refractivity contribution in [2.75, 3.05) is 19.6 Å². The van der Waals surface area contributed by atoms with Crippen LogP contribution in [0, 0.1) is 0 Å². The van der Waals surface area contributed by atoms with E-state index in [0.29, 0.717) is 18.2 Å². The summed E-state index contributed by atoms with van der Waals surface area (Å²) in [6.45, 7) is 0.771. The number of pyridine rings is 1. The summed E-state index contributed by atoms with van der Waals surface area (Å²) < 4.78 is 26.2. The molecule has 18 heavy (non-hydrogen) atoms. The number of aromatic nitrogens is 1. The number of piperidine rings is 1. The van der Waals surface area contributed by atoms with Crippen molar-refractivity contribution >= 4 is 11.6 Å². The van der Waals surface area contributed by atoms with Crippen LogP contribution < -0.4 is 0 Å². The summed E-state index contributed by atoms with van der Waals surface area (Å²) in [6, 6.07) is 3.30. The normalized spacial score (nSPS) is 21.8. The van der Waals surface area contributed by atoms with Crippen LogP contribution in [0.15, 0.2) is 18.3 Å². The predicted molar refractivity (Wildman–Crippen MR) is 66.9 cm³/mol. The third-order valence-electron chi connectivity index (χ3n) is 3.30. The molecule has 1 N–H and O–H groups in total. The second-order valence-corrected chi connectivity index (χ2v) is 4.91. The van der Waals surface area contributed by atoms with Crippen molar-refractivity contribution in [2.24, 2.45) is 0 Å². The van der Waals surface area contributed by atoms with E-state index in [1.54, 1.807) is 18.3 Å². The van der Waals surface area contributed by atoms with Crippen LogP contribution in [0.5, 0.6) is 0 Å². The Hall–Kier alpha value is -0.780. The molecule has 1 saturated heterocycles. The molecule has 0 radical (unpaired) electrons. The first-order valence-corrected chi connectivity index (χ1v) is 6.27. The van der Waals surface area contributed by atoms with Crippen molar-refractivity contribution in [2.45, 2.75) is 24.8 Å². The average Bonchev–Trinajstić information content (AvgIpc) is 2.34. The molecule has 0 saturated carbocycles. The number of rotatable bonds is 3. The fourth-order valence-electron chi connectivity index (χ4n) is 2.20. The summed E-state index contributed by atoms with van der Waals surface area (Å²) in [5.41, 5.74) is 8.46. The minimum atomic E-state index is -2.55. The minimum absolute atomic E-state index is 0.134. The summed E-state index contributed by atoms with van der Waals surface area (Å²) in [7, 11) is 0. The predicted octanol–water partition coefficient (Wildman–Crippen LogP) is 3.56. The van der Waals surface area contributed by atoms with Crippen LogP contribution in [0.3, 0.4) is 0 Å². The van der Waals surface area contributed by atoms with Gasteiger partial charge >= 0.3 is 0 Å². The summed E-state index contributed by atoms with van der Waals surface area (Å²) in [6.07, 6.45) is 1.35. The topological polar surface area (TPSA) is 39.9 Å². The van der Waals surface area contributed by atoms with Crippen molar-refractivity contribution in [1.29, 1.82) is 0 Å². The zero-order chi connectivity index (χ0) is 13.2. The van der Waals surface area contributed by atoms with Gasteiger partial charge in [0.2, 0.25) is 0 Å². The van der Waals surface area contributed by atoms with Crippen LogP contribution >= 0.6 is 11.6 Å². The first kappa shape index (κ1) is 13.6. The van der Waals surface area contributed by atoms with E-state index in [1.807, 2.05) is 4.90 Å². The van der Waals surface area contributed by atoms with Gasteiger partial charge in [0.25, 0.3) is 5.92 Å². The Morgan fingerprint density at radius 3 is 2.56 bits per heavy atom. The van der Waals surface area contributed by atoms with Crippen LogP contribution in [-0.2, 0) is 0 Å². The summed E-state index contributed by atoms with van der Waals surface area (Å²) in [5.74, 6) is -2.55. The fourth-order valence-corrected chi connectivity index (χ4v) is 2.32. The standard InChI is InChI=1S/C12H15ClF2N3/c13-11-2-1-9(8-17-11)10(7-16)18-5-3-12(14,15)4-6-18/h1-2,8,10,16H,3-7H2/q-1. The number of hydrogen-bond acceptors (Lipinski definition) is 2. The Labute approximate surface area is 110 Å². The van der Waals surface area contributed by atoms with Gasteiger partial charge in [0.15, 0.2) is 0 Å². The van der Waals surface area contributed by atoms with E-state index in [1.165, 1.54) is 0 Å². The van der Waals surface area contributed by atoms with Gasteiger partial charge in [-0.15, -0.1) is 6.54 Å². The van der Waals surface area contributed by atoms with E-state index in [2.05, 4.69) is 4.98 Å². The second-order valence-electron chi connectivity index (χ2n) is 4.53. The molecule has 1 atom stereocenters. The monoisotopic (exact) mass is 274 g/mol. The highest BCUT2D eigenvalue weighted by Crippen LogP contribution is 2.32. The molecule has 1 aromatic rings. The third-order valence-corrected chi connectivity index (χ3v) is 3.52. The molecule has 1 unspecified atom stereocenters. The van der Waals surface area contributed by atoms with E-state index < -0.39 is 5.92 Å². The van der Waals surface area contributed by atoms with Crippen molar-refractivity contribution < 1.29 is 8.78 Å². The number of likely N-dealkylation sites (tertiary alicyclic amines) is 1. The van der Waals surface area contributed by atoms with Crippen LogP contribution in [0.1, 0.15) is 24.4 Å². The summed E-state index contributed by atoms with van der Waals surface area (Å²) in [4.78, 5) is 5.90. The fraction of sp³-hybridized carbons (Fsp3) is 0.583.